The van der Waals surface area contributed by atoms with Gasteiger partial charge in [-0.05, 0) is 31.5 Å². The average Bonchev–Trinajstić information content (AvgIpc) is 2.71. The third-order valence-electron chi connectivity index (χ3n) is 2.66. The van der Waals surface area contributed by atoms with E-state index in [9.17, 15) is 8.42 Å². The van der Waals surface area contributed by atoms with Crippen molar-refractivity contribution in [3.05, 3.63) is 29.5 Å². The highest BCUT2D eigenvalue weighted by Gasteiger charge is 2.16. The summed E-state index contributed by atoms with van der Waals surface area (Å²) in [6, 6.07) is 3.49. The lowest BCUT2D eigenvalue weighted by atomic mass is 10.1. The van der Waals surface area contributed by atoms with E-state index in [0.29, 0.717) is 5.88 Å². The predicted molar refractivity (Wildman–Crippen MR) is 74.9 cm³/mol. The van der Waals surface area contributed by atoms with Crippen molar-refractivity contribution in [3.8, 4) is 16.3 Å². The van der Waals surface area contributed by atoms with Gasteiger partial charge in [0, 0.05) is 22.2 Å². The van der Waals surface area contributed by atoms with E-state index >= 15 is 0 Å². The Balaban J connectivity index is 2.54. The van der Waals surface area contributed by atoms with Crippen molar-refractivity contribution < 1.29 is 13.2 Å². The van der Waals surface area contributed by atoms with Crippen LogP contribution in [0.2, 0.25) is 0 Å². The van der Waals surface area contributed by atoms with Gasteiger partial charge < -0.3 is 4.74 Å². The molecule has 2 rings (SSSR count). The fourth-order valence-electron chi connectivity index (χ4n) is 1.78. The molecule has 2 heterocycles. The van der Waals surface area contributed by atoms with E-state index in [2.05, 4.69) is 4.98 Å². The van der Waals surface area contributed by atoms with Crippen molar-refractivity contribution in [1.82, 2.24) is 4.98 Å². The third-order valence-corrected chi connectivity index (χ3v) is 5.37. The van der Waals surface area contributed by atoms with Crippen LogP contribution >= 0.6 is 11.3 Å². The second kappa shape index (κ2) is 4.92. The second-order valence-corrected chi connectivity index (χ2v) is 7.01. The van der Waals surface area contributed by atoms with Crippen molar-refractivity contribution >= 4 is 21.4 Å². The molecule has 102 valence electrons. The van der Waals surface area contributed by atoms with Crippen LogP contribution < -0.4 is 9.88 Å². The van der Waals surface area contributed by atoms with Crippen molar-refractivity contribution in [2.24, 2.45) is 5.14 Å². The molecular formula is C12H14N2O3S2. The molecule has 19 heavy (non-hydrogen) atoms. The van der Waals surface area contributed by atoms with Crippen LogP contribution in [0.4, 0.5) is 0 Å². The van der Waals surface area contributed by atoms with E-state index in [1.807, 2.05) is 19.9 Å². The normalized spacial score (nSPS) is 11.6. The van der Waals surface area contributed by atoms with E-state index in [1.54, 1.807) is 19.4 Å². The summed E-state index contributed by atoms with van der Waals surface area (Å²) in [5, 5.41) is 5.14. The van der Waals surface area contributed by atoms with Crippen LogP contribution in [0.5, 0.6) is 5.88 Å². The highest BCUT2D eigenvalue weighted by atomic mass is 32.2. The van der Waals surface area contributed by atoms with Gasteiger partial charge in [-0.3, -0.25) is 0 Å². The maximum atomic E-state index is 11.3. The molecule has 0 unspecified atom stereocenters. The number of hydrogen-bond donors (Lipinski definition) is 1. The summed E-state index contributed by atoms with van der Waals surface area (Å²) in [5.74, 6) is 0.560. The van der Waals surface area contributed by atoms with Gasteiger partial charge in [0.25, 0.3) is 0 Å². The van der Waals surface area contributed by atoms with Gasteiger partial charge in [-0.2, -0.15) is 0 Å². The van der Waals surface area contributed by atoms with Gasteiger partial charge in [0.05, 0.1) is 7.11 Å². The molecule has 0 atom stereocenters. The number of aromatic nitrogens is 1. The summed E-state index contributed by atoms with van der Waals surface area (Å²) in [6.45, 7) is 3.74. The van der Waals surface area contributed by atoms with Gasteiger partial charge in [-0.1, -0.05) is 0 Å². The Hall–Kier alpha value is -1.44. The molecule has 2 aromatic rings. The molecule has 0 bridgehead atoms. The van der Waals surface area contributed by atoms with E-state index in [1.165, 1.54) is 0 Å². The van der Waals surface area contributed by atoms with Gasteiger partial charge in [0.15, 0.2) is 0 Å². The highest BCUT2D eigenvalue weighted by molar-refractivity contribution is 7.91. The van der Waals surface area contributed by atoms with E-state index < -0.39 is 10.0 Å². The number of thiophene rings is 1. The molecule has 5 nitrogen and oxygen atoms in total. The summed E-state index contributed by atoms with van der Waals surface area (Å²) in [6.07, 6.45) is 1.66. The summed E-state index contributed by atoms with van der Waals surface area (Å²) in [5.41, 5.74) is 2.61. The molecule has 0 fully saturated rings. The molecule has 0 aromatic carbocycles. The quantitative estimate of drug-likeness (QED) is 0.940. The Labute approximate surface area is 116 Å². The molecule has 0 aliphatic rings. The van der Waals surface area contributed by atoms with Gasteiger partial charge in [-0.25, -0.2) is 18.5 Å². The van der Waals surface area contributed by atoms with Crippen molar-refractivity contribution in [2.45, 2.75) is 18.1 Å². The standard InChI is InChI=1S/C12H14N2O3S2/c1-7-5-10(19(13,15)16)18-11(7)9-4-8(2)12(17-3)14-6-9/h4-6H,1-3H3,(H2,13,15,16). The van der Waals surface area contributed by atoms with Crippen LogP contribution in [0.1, 0.15) is 11.1 Å². The number of nitrogens with two attached hydrogens (primary N) is 1. The van der Waals surface area contributed by atoms with Crippen LogP contribution in [-0.2, 0) is 10.0 Å². The predicted octanol–water partition coefficient (Wildman–Crippen LogP) is 2.08. The number of nitrogens with zero attached hydrogens (tertiary/aromatic N) is 1. The number of aryl methyl sites for hydroxylation is 2. The molecule has 0 spiro atoms. The molecule has 2 N–H and O–H groups in total. The molecule has 0 saturated heterocycles. The van der Waals surface area contributed by atoms with Gasteiger partial charge in [-0.15, -0.1) is 11.3 Å². The molecule has 0 amide bonds. The number of hydrogen-bond acceptors (Lipinski definition) is 5. The third kappa shape index (κ3) is 2.78. The summed E-state index contributed by atoms with van der Waals surface area (Å²) >= 11 is 1.15. The summed E-state index contributed by atoms with van der Waals surface area (Å²) in [4.78, 5) is 5.04. The Morgan fingerprint density at radius 3 is 2.42 bits per heavy atom. The second-order valence-electron chi connectivity index (χ2n) is 4.17. The molecule has 0 aliphatic heterocycles. The molecule has 0 radical (unpaired) electrons. The number of ether oxygens (including phenoxy) is 1. The van der Waals surface area contributed by atoms with Gasteiger partial charge in [0.2, 0.25) is 15.9 Å². The monoisotopic (exact) mass is 298 g/mol. The maximum Gasteiger partial charge on any atom is 0.247 e. The molecule has 2 aromatic heterocycles. The zero-order chi connectivity index (χ0) is 14.2. The zero-order valence-corrected chi connectivity index (χ0v) is 12.4. The van der Waals surface area contributed by atoms with E-state index in [0.717, 1.165) is 32.9 Å². The minimum absolute atomic E-state index is 0.161. The molecular weight excluding hydrogens is 284 g/mol. The molecule has 0 aliphatic carbocycles. The Morgan fingerprint density at radius 2 is 1.95 bits per heavy atom. The fourth-order valence-corrected chi connectivity index (χ4v) is 3.72. The lowest BCUT2D eigenvalue weighted by molar-refractivity contribution is 0.394. The van der Waals surface area contributed by atoms with Crippen LogP contribution in [-0.4, -0.2) is 20.5 Å². The van der Waals surface area contributed by atoms with Crippen LogP contribution in [0.25, 0.3) is 10.4 Å². The number of pyridine rings is 1. The van der Waals surface area contributed by atoms with Crippen LogP contribution in [0, 0.1) is 13.8 Å². The van der Waals surface area contributed by atoms with Crippen LogP contribution in [0.15, 0.2) is 22.5 Å². The van der Waals surface area contributed by atoms with Gasteiger partial charge in [0.1, 0.15) is 4.21 Å². The topological polar surface area (TPSA) is 82.3 Å². The number of rotatable bonds is 3. The van der Waals surface area contributed by atoms with Gasteiger partial charge >= 0.3 is 0 Å². The number of primary sulfonamides is 1. The lowest BCUT2D eigenvalue weighted by Gasteiger charge is -2.05. The first-order chi connectivity index (χ1) is 8.82. The Kier molecular flexibility index (Phi) is 3.62. The first-order valence-corrected chi connectivity index (χ1v) is 7.83. The van der Waals surface area contributed by atoms with Crippen LogP contribution in [0.3, 0.4) is 0 Å². The number of sulfonamides is 1. The Bertz CT molecular complexity index is 721. The molecule has 7 heteroatoms. The minimum atomic E-state index is -3.66. The largest absolute Gasteiger partial charge is 0.481 e. The van der Waals surface area contributed by atoms with Crippen molar-refractivity contribution in [2.75, 3.05) is 7.11 Å². The van der Waals surface area contributed by atoms with Crippen molar-refractivity contribution in [1.29, 1.82) is 0 Å². The highest BCUT2D eigenvalue weighted by Crippen LogP contribution is 2.35. The first-order valence-electron chi connectivity index (χ1n) is 5.47. The smallest absolute Gasteiger partial charge is 0.247 e. The minimum Gasteiger partial charge on any atom is -0.481 e. The van der Waals surface area contributed by atoms with E-state index in [-0.39, 0.29) is 4.21 Å². The first kappa shape index (κ1) is 14.0. The van der Waals surface area contributed by atoms with E-state index in [4.69, 9.17) is 9.88 Å². The fraction of sp³-hybridized carbons (Fsp3) is 0.250. The summed E-state index contributed by atoms with van der Waals surface area (Å²) < 4.78 is 28.0. The maximum absolute atomic E-state index is 11.3. The summed E-state index contributed by atoms with van der Waals surface area (Å²) in [7, 11) is -2.10. The lowest BCUT2D eigenvalue weighted by Crippen LogP contribution is -2.09. The average molecular weight is 298 g/mol. The molecule has 0 saturated carbocycles. The zero-order valence-electron chi connectivity index (χ0n) is 10.8. The SMILES string of the molecule is COc1ncc(-c2sc(S(N)(=O)=O)cc2C)cc1C. The Morgan fingerprint density at radius 1 is 1.26 bits per heavy atom. The number of methoxy groups -OCH3 is 1. The van der Waals surface area contributed by atoms with Crippen molar-refractivity contribution in [3.63, 3.8) is 0 Å².